The summed E-state index contributed by atoms with van der Waals surface area (Å²) in [5.41, 5.74) is 9.08. The third-order valence-corrected chi connectivity index (χ3v) is 3.33. The van der Waals surface area contributed by atoms with Crippen molar-refractivity contribution in [3.05, 3.63) is 52.1 Å². The van der Waals surface area contributed by atoms with E-state index in [1.807, 2.05) is 18.2 Å². The highest BCUT2D eigenvalue weighted by Crippen LogP contribution is 2.25. The van der Waals surface area contributed by atoms with Crippen LogP contribution in [-0.2, 0) is 0 Å². The minimum absolute atomic E-state index is 0.169. The van der Waals surface area contributed by atoms with Gasteiger partial charge in [-0.25, -0.2) is 4.98 Å². The van der Waals surface area contributed by atoms with Crippen LogP contribution in [0, 0.1) is 6.92 Å². The van der Waals surface area contributed by atoms with Crippen LogP contribution in [0.2, 0.25) is 0 Å². The highest BCUT2D eigenvalue weighted by Gasteiger charge is 2.10. The predicted molar refractivity (Wildman–Crippen MR) is 79.6 cm³/mol. The highest BCUT2D eigenvalue weighted by atomic mass is 79.9. The summed E-state index contributed by atoms with van der Waals surface area (Å²) in [5.74, 6) is 0.717. The Morgan fingerprint density at radius 2 is 2.06 bits per heavy atom. The number of anilines is 2. The molecule has 2 rings (SSSR count). The second-order valence-corrected chi connectivity index (χ2v) is 5.23. The number of halogens is 1. The van der Waals surface area contributed by atoms with E-state index in [1.54, 1.807) is 6.20 Å². The molecule has 0 amide bonds. The molecule has 0 aliphatic heterocycles. The van der Waals surface area contributed by atoms with Crippen molar-refractivity contribution in [1.29, 1.82) is 0 Å². The molecule has 0 radical (unpaired) electrons. The molecule has 1 aromatic carbocycles. The second kappa shape index (κ2) is 5.40. The average Bonchev–Trinajstić information content (AvgIpc) is 2.33. The van der Waals surface area contributed by atoms with Gasteiger partial charge in [0.2, 0.25) is 0 Å². The molecule has 1 aromatic heterocycles. The summed E-state index contributed by atoms with van der Waals surface area (Å²) in [6.45, 7) is 4.21. The molecule has 0 saturated carbocycles. The topological polar surface area (TPSA) is 50.9 Å². The molecule has 1 atom stereocenters. The first-order valence-corrected chi connectivity index (χ1v) is 6.60. The van der Waals surface area contributed by atoms with Gasteiger partial charge in [-0.2, -0.15) is 0 Å². The van der Waals surface area contributed by atoms with Gasteiger partial charge in [0.25, 0.3) is 0 Å². The number of aromatic nitrogens is 1. The smallest absolute Gasteiger partial charge is 0.149 e. The lowest BCUT2D eigenvalue weighted by Gasteiger charge is -2.18. The van der Waals surface area contributed by atoms with Gasteiger partial charge in [0.1, 0.15) is 5.82 Å². The Labute approximate surface area is 116 Å². The van der Waals surface area contributed by atoms with Crippen molar-refractivity contribution in [2.45, 2.75) is 19.9 Å². The summed E-state index contributed by atoms with van der Waals surface area (Å²) in [5, 5.41) is 3.34. The van der Waals surface area contributed by atoms with E-state index in [4.69, 9.17) is 5.73 Å². The summed E-state index contributed by atoms with van der Waals surface area (Å²) in [7, 11) is 0. The van der Waals surface area contributed by atoms with Gasteiger partial charge in [-0.3, -0.25) is 0 Å². The predicted octanol–water partition coefficient (Wildman–Crippen LogP) is 3.91. The lowest BCUT2D eigenvalue weighted by molar-refractivity contribution is 0.865. The fourth-order valence-electron chi connectivity index (χ4n) is 1.93. The molecule has 18 heavy (non-hydrogen) atoms. The number of benzene rings is 1. The number of aryl methyl sites for hydroxylation is 1. The van der Waals surface area contributed by atoms with Crippen LogP contribution in [0.5, 0.6) is 0 Å². The number of nitrogens with one attached hydrogen (secondary N) is 1. The summed E-state index contributed by atoms with van der Waals surface area (Å²) < 4.78 is 0.883. The van der Waals surface area contributed by atoms with Crippen LogP contribution in [0.4, 0.5) is 11.5 Å². The van der Waals surface area contributed by atoms with Crippen molar-refractivity contribution >= 4 is 27.4 Å². The molecule has 0 aliphatic carbocycles. The molecule has 3 N–H and O–H groups in total. The first-order valence-electron chi connectivity index (χ1n) is 5.81. The monoisotopic (exact) mass is 305 g/mol. The molecular formula is C14H16BrN3. The van der Waals surface area contributed by atoms with Gasteiger partial charge in [0, 0.05) is 10.7 Å². The van der Waals surface area contributed by atoms with E-state index in [2.05, 4.69) is 52.2 Å². The van der Waals surface area contributed by atoms with Gasteiger partial charge in [0.15, 0.2) is 0 Å². The van der Waals surface area contributed by atoms with E-state index in [1.165, 1.54) is 11.1 Å². The Morgan fingerprint density at radius 1 is 1.33 bits per heavy atom. The van der Waals surface area contributed by atoms with E-state index < -0.39 is 0 Å². The van der Waals surface area contributed by atoms with Crippen molar-refractivity contribution in [2.75, 3.05) is 11.1 Å². The molecule has 3 nitrogen and oxygen atoms in total. The number of nitrogens with two attached hydrogens (primary N) is 1. The van der Waals surface area contributed by atoms with Crippen molar-refractivity contribution < 1.29 is 0 Å². The Bertz CT molecular complexity index is 554. The van der Waals surface area contributed by atoms with E-state index in [-0.39, 0.29) is 6.04 Å². The van der Waals surface area contributed by atoms with Crippen molar-refractivity contribution in [2.24, 2.45) is 0 Å². The van der Waals surface area contributed by atoms with Crippen LogP contribution in [0.3, 0.4) is 0 Å². The van der Waals surface area contributed by atoms with Crippen LogP contribution in [-0.4, -0.2) is 4.98 Å². The maximum atomic E-state index is 5.93. The average molecular weight is 306 g/mol. The minimum atomic E-state index is 0.169. The normalized spacial score (nSPS) is 12.2. The first-order chi connectivity index (χ1) is 8.58. The Kier molecular flexibility index (Phi) is 3.87. The minimum Gasteiger partial charge on any atom is -0.396 e. The summed E-state index contributed by atoms with van der Waals surface area (Å²) >= 11 is 3.35. The van der Waals surface area contributed by atoms with Gasteiger partial charge >= 0.3 is 0 Å². The highest BCUT2D eigenvalue weighted by molar-refractivity contribution is 9.10. The van der Waals surface area contributed by atoms with E-state index in [9.17, 15) is 0 Å². The number of nitrogens with zero attached hydrogens (tertiary/aromatic N) is 1. The van der Waals surface area contributed by atoms with E-state index in [0.717, 1.165) is 4.47 Å². The molecule has 0 aliphatic rings. The standard InChI is InChI=1S/C14H16BrN3/c1-9-5-3-4-6-12(9)10(2)18-14-13(16)7-11(15)8-17-14/h3-8,10H,16H2,1-2H3,(H,17,18). The van der Waals surface area contributed by atoms with Gasteiger partial charge in [-0.05, 0) is 47.0 Å². The first kappa shape index (κ1) is 12.9. The van der Waals surface area contributed by atoms with Crippen LogP contribution in [0.25, 0.3) is 0 Å². The maximum Gasteiger partial charge on any atom is 0.149 e. The molecule has 1 unspecified atom stereocenters. The van der Waals surface area contributed by atoms with Crippen LogP contribution < -0.4 is 11.1 Å². The Hall–Kier alpha value is -1.55. The molecular weight excluding hydrogens is 290 g/mol. The van der Waals surface area contributed by atoms with Crippen molar-refractivity contribution in [3.63, 3.8) is 0 Å². The number of nitrogen functional groups attached to an aromatic ring is 1. The Balaban J connectivity index is 2.21. The van der Waals surface area contributed by atoms with Gasteiger partial charge in [-0.1, -0.05) is 24.3 Å². The van der Waals surface area contributed by atoms with Gasteiger partial charge in [-0.15, -0.1) is 0 Å². The van der Waals surface area contributed by atoms with Crippen LogP contribution in [0.1, 0.15) is 24.1 Å². The zero-order valence-corrected chi connectivity index (χ0v) is 12.0. The van der Waals surface area contributed by atoms with E-state index in [0.29, 0.717) is 11.5 Å². The van der Waals surface area contributed by atoms with E-state index >= 15 is 0 Å². The summed E-state index contributed by atoms with van der Waals surface area (Å²) in [6.07, 6.45) is 1.74. The summed E-state index contributed by atoms with van der Waals surface area (Å²) in [6, 6.07) is 10.3. The SMILES string of the molecule is Cc1ccccc1C(C)Nc1ncc(Br)cc1N. The number of rotatable bonds is 3. The molecule has 94 valence electrons. The Morgan fingerprint density at radius 3 is 2.72 bits per heavy atom. The lowest BCUT2D eigenvalue weighted by atomic mass is 10.0. The largest absolute Gasteiger partial charge is 0.396 e. The zero-order chi connectivity index (χ0) is 13.1. The molecule has 0 saturated heterocycles. The van der Waals surface area contributed by atoms with Crippen LogP contribution in [0.15, 0.2) is 41.0 Å². The zero-order valence-electron chi connectivity index (χ0n) is 10.4. The van der Waals surface area contributed by atoms with Crippen LogP contribution >= 0.6 is 15.9 Å². The third kappa shape index (κ3) is 2.82. The summed E-state index contributed by atoms with van der Waals surface area (Å²) in [4.78, 5) is 4.29. The van der Waals surface area contributed by atoms with Crippen molar-refractivity contribution in [1.82, 2.24) is 4.98 Å². The quantitative estimate of drug-likeness (QED) is 0.904. The van der Waals surface area contributed by atoms with Crippen molar-refractivity contribution in [3.8, 4) is 0 Å². The molecule has 0 fully saturated rings. The molecule has 2 aromatic rings. The molecule has 0 bridgehead atoms. The third-order valence-electron chi connectivity index (χ3n) is 2.89. The number of pyridine rings is 1. The molecule has 4 heteroatoms. The fraction of sp³-hybridized carbons (Fsp3) is 0.214. The fourth-order valence-corrected chi connectivity index (χ4v) is 2.28. The second-order valence-electron chi connectivity index (χ2n) is 4.31. The molecule has 0 spiro atoms. The number of hydrogen-bond donors (Lipinski definition) is 2. The maximum absolute atomic E-state index is 5.93. The van der Waals surface area contributed by atoms with Gasteiger partial charge in [0.05, 0.1) is 11.7 Å². The molecule has 1 heterocycles. The lowest BCUT2D eigenvalue weighted by Crippen LogP contribution is -2.10. The van der Waals surface area contributed by atoms with Gasteiger partial charge < -0.3 is 11.1 Å². The number of hydrogen-bond acceptors (Lipinski definition) is 3.